The molecule has 2 nitrogen and oxygen atoms in total. The molecule has 1 aliphatic heterocycles. The van der Waals surface area contributed by atoms with Gasteiger partial charge in [-0.1, -0.05) is 13.8 Å². The summed E-state index contributed by atoms with van der Waals surface area (Å²) in [5, 5.41) is 0. The lowest BCUT2D eigenvalue weighted by Crippen LogP contribution is -2.29. The molecule has 0 N–H and O–H groups in total. The molecule has 0 amide bonds. The third kappa shape index (κ3) is 3.02. The van der Waals surface area contributed by atoms with Gasteiger partial charge in [0.2, 0.25) is 0 Å². The van der Waals surface area contributed by atoms with Crippen LogP contribution in [0, 0.1) is 0 Å². The van der Waals surface area contributed by atoms with Crippen molar-refractivity contribution in [1.29, 1.82) is 0 Å². The molecular formula is C12H20N2. The molecule has 14 heavy (non-hydrogen) atoms. The molecule has 0 aliphatic carbocycles. The van der Waals surface area contributed by atoms with Gasteiger partial charge in [0.15, 0.2) is 0 Å². The summed E-state index contributed by atoms with van der Waals surface area (Å²) in [6.07, 6.45) is 7.82. The number of hydrogen-bond donors (Lipinski definition) is 0. The van der Waals surface area contributed by atoms with E-state index in [1.807, 2.05) is 32.3 Å². The predicted molar refractivity (Wildman–Crippen MR) is 61.6 cm³/mol. The van der Waals surface area contributed by atoms with Crippen LogP contribution in [0.5, 0.6) is 0 Å². The van der Waals surface area contributed by atoms with Gasteiger partial charge in [-0.05, 0) is 31.4 Å². The first-order valence-corrected chi connectivity index (χ1v) is 5.62. The molecular weight excluding hydrogens is 172 g/mol. The maximum absolute atomic E-state index is 4.12. The van der Waals surface area contributed by atoms with E-state index in [-0.39, 0.29) is 0 Å². The monoisotopic (exact) mass is 192 g/mol. The number of anilines is 1. The third-order valence-electron chi connectivity index (χ3n) is 2.37. The topological polar surface area (TPSA) is 16.1 Å². The van der Waals surface area contributed by atoms with E-state index in [0.717, 1.165) is 0 Å². The van der Waals surface area contributed by atoms with Crippen molar-refractivity contribution in [2.75, 3.05) is 18.0 Å². The van der Waals surface area contributed by atoms with Crippen LogP contribution in [-0.2, 0) is 0 Å². The summed E-state index contributed by atoms with van der Waals surface area (Å²) in [6, 6.07) is 4.14. The van der Waals surface area contributed by atoms with Gasteiger partial charge in [-0.2, -0.15) is 0 Å². The van der Waals surface area contributed by atoms with Gasteiger partial charge in [0, 0.05) is 19.3 Å². The number of rotatable bonds is 1. The predicted octanol–water partition coefficient (Wildman–Crippen LogP) is 3.10. The van der Waals surface area contributed by atoms with Crippen molar-refractivity contribution >= 4 is 5.69 Å². The van der Waals surface area contributed by atoms with E-state index in [1.54, 1.807) is 0 Å². The smallest absolute Gasteiger partial charge is 0.0552 e. The molecule has 1 aromatic rings. The summed E-state index contributed by atoms with van der Waals surface area (Å²) in [6.45, 7) is 6.40. The van der Waals surface area contributed by atoms with E-state index in [1.165, 1.54) is 38.0 Å². The highest BCUT2D eigenvalue weighted by molar-refractivity contribution is 5.43. The van der Waals surface area contributed by atoms with Crippen molar-refractivity contribution in [1.82, 2.24) is 4.98 Å². The van der Waals surface area contributed by atoms with Gasteiger partial charge in [0.25, 0.3) is 0 Å². The van der Waals surface area contributed by atoms with E-state index >= 15 is 0 Å². The molecule has 2 rings (SSSR count). The van der Waals surface area contributed by atoms with Gasteiger partial charge >= 0.3 is 0 Å². The molecule has 1 fully saturated rings. The molecule has 0 spiro atoms. The number of nitrogens with zero attached hydrogens (tertiary/aromatic N) is 2. The maximum atomic E-state index is 4.12. The van der Waals surface area contributed by atoms with E-state index in [2.05, 4.69) is 16.0 Å². The largest absolute Gasteiger partial charge is 0.370 e. The Morgan fingerprint density at radius 3 is 2.43 bits per heavy atom. The van der Waals surface area contributed by atoms with E-state index in [9.17, 15) is 0 Å². The van der Waals surface area contributed by atoms with E-state index < -0.39 is 0 Å². The Kier molecular flexibility index (Phi) is 5.05. The van der Waals surface area contributed by atoms with Crippen LogP contribution in [0.2, 0.25) is 0 Å². The molecule has 2 heterocycles. The Hall–Kier alpha value is -1.05. The molecule has 0 radical (unpaired) electrons. The standard InChI is InChI=1S/C10H14N2.C2H6/c1-2-7-12(8-3-1)10-5-4-6-11-9-10;1-2/h4-6,9H,1-3,7-8H2;1-2H3. The Bertz CT molecular complexity index is 227. The molecule has 0 atom stereocenters. The molecule has 2 heteroatoms. The average molecular weight is 192 g/mol. The zero-order chi connectivity index (χ0) is 10.2. The second kappa shape index (κ2) is 6.41. The lowest BCUT2D eigenvalue weighted by molar-refractivity contribution is 0.577. The van der Waals surface area contributed by atoms with Crippen molar-refractivity contribution in [3.63, 3.8) is 0 Å². The molecule has 0 bridgehead atoms. The van der Waals surface area contributed by atoms with Gasteiger partial charge in [-0.15, -0.1) is 0 Å². The minimum Gasteiger partial charge on any atom is -0.370 e. The second-order valence-corrected chi connectivity index (χ2v) is 3.26. The number of aromatic nitrogens is 1. The first-order valence-electron chi connectivity index (χ1n) is 5.62. The van der Waals surface area contributed by atoms with Gasteiger partial charge < -0.3 is 4.90 Å². The first-order chi connectivity index (χ1) is 6.97. The highest BCUT2D eigenvalue weighted by atomic mass is 15.1. The Labute approximate surface area is 87.0 Å². The molecule has 1 aliphatic rings. The lowest BCUT2D eigenvalue weighted by Gasteiger charge is -2.28. The average Bonchev–Trinajstić information content (AvgIpc) is 2.34. The summed E-state index contributed by atoms with van der Waals surface area (Å²) in [7, 11) is 0. The summed E-state index contributed by atoms with van der Waals surface area (Å²) < 4.78 is 0. The molecule has 0 unspecified atom stereocenters. The van der Waals surface area contributed by atoms with Gasteiger partial charge in [-0.25, -0.2) is 0 Å². The van der Waals surface area contributed by atoms with Crippen LogP contribution >= 0.6 is 0 Å². The van der Waals surface area contributed by atoms with Gasteiger partial charge in [0.05, 0.1) is 11.9 Å². The minimum atomic E-state index is 1.20. The van der Waals surface area contributed by atoms with Crippen LogP contribution in [0.4, 0.5) is 5.69 Å². The first kappa shape index (κ1) is 11.0. The van der Waals surface area contributed by atoms with Crippen molar-refractivity contribution in [2.24, 2.45) is 0 Å². The van der Waals surface area contributed by atoms with Crippen LogP contribution in [0.3, 0.4) is 0 Å². The summed E-state index contributed by atoms with van der Waals surface area (Å²) >= 11 is 0. The fourth-order valence-electron chi connectivity index (χ4n) is 1.69. The number of piperidine rings is 1. The fraction of sp³-hybridized carbons (Fsp3) is 0.583. The Morgan fingerprint density at radius 2 is 1.86 bits per heavy atom. The molecule has 78 valence electrons. The molecule has 1 aromatic heterocycles. The van der Waals surface area contributed by atoms with Crippen molar-refractivity contribution in [3.05, 3.63) is 24.5 Å². The zero-order valence-corrected chi connectivity index (χ0v) is 9.24. The quantitative estimate of drug-likeness (QED) is 0.679. The second-order valence-electron chi connectivity index (χ2n) is 3.26. The van der Waals surface area contributed by atoms with E-state index in [0.29, 0.717) is 0 Å². The van der Waals surface area contributed by atoms with E-state index in [4.69, 9.17) is 0 Å². The van der Waals surface area contributed by atoms with Crippen LogP contribution < -0.4 is 4.90 Å². The zero-order valence-electron chi connectivity index (χ0n) is 9.24. The summed E-state index contributed by atoms with van der Waals surface area (Å²) in [5.41, 5.74) is 1.28. The fourth-order valence-corrected chi connectivity index (χ4v) is 1.69. The van der Waals surface area contributed by atoms with Crippen molar-refractivity contribution < 1.29 is 0 Å². The minimum absolute atomic E-state index is 1.20. The van der Waals surface area contributed by atoms with Crippen molar-refractivity contribution in [2.45, 2.75) is 33.1 Å². The third-order valence-corrected chi connectivity index (χ3v) is 2.37. The maximum Gasteiger partial charge on any atom is 0.0552 e. The van der Waals surface area contributed by atoms with Crippen molar-refractivity contribution in [3.8, 4) is 0 Å². The normalized spacial score (nSPS) is 15.7. The van der Waals surface area contributed by atoms with Crippen LogP contribution in [0.15, 0.2) is 24.5 Å². The lowest BCUT2D eigenvalue weighted by atomic mass is 10.1. The summed E-state index contributed by atoms with van der Waals surface area (Å²) in [5.74, 6) is 0. The van der Waals surface area contributed by atoms with Gasteiger partial charge in [0.1, 0.15) is 0 Å². The Balaban J connectivity index is 0.000000461. The summed E-state index contributed by atoms with van der Waals surface area (Å²) in [4.78, 5) is 6.53. The number of hydrogen-bond acceptors (Lipinski definition) is 2. The SMILES string of the molecule is CC.c1cncc(N2CCCCC2)c1. The highest BCUT2D eigenvalue weighted by Crippen LogP contribution is 2.17. The molecule has 0 aromatic carbocycles. The van der Waals surface area contributed by atoms with Crippen LogP contribution in [-0.4, -0.2) is 18.1 Å². The highest BCUT2D eigenvalue weighted by Gasteiger charge is 2.09. The molecule has 0 saturated carbocycles. The Morgan fingerprint density at radius 1 is 1.14 bits per heavy atom. The van der Waals surface area contributed by atoms with Gasteiger partial charge in [-0.3, -0.25) is 4.98 Å². The van der Waals surface area contributed by atoms with Crippen LogP contribution in [0.1, 0.15) is 33.1 Å². The number of pyridine rings is 1. The molecule has 1 saturated heterocycles. The van der Waals surface area contributed by atoms with Crippen LogP contribution in [0.25, 0.3) is 0 Å².